The molecule has 1 aromatic rings. The van der Waals surface area contributed by atoms with Crippen molar-refractivity contribution in [2.75, 3.05) is 13.1 Å². The van der Waals surface area contributed by atoms with E-state index in [0.717, 1.165) is 30.4 Å². The van der Waals surface area contributed by atoms with Gasteiger partial charge < -0.3 is 20.3 Å². The highest BCUT2D eigenvalue weighted by molar-refractivity contribution is 5.92. The molecule has 3 atom stereocenters. The molecule has 3 unspecified atom stereocenters. The fourth-order valence-electron chi connectivity index (χ4n) is 3.66. The second-order valence-electron chi connectivity index (χ2n) is 9.78. The molecule has 34 heavy (non-hydrogen) atoms. The van der Waals surface area contributed by atoms with Gasteiger partial charge in [0.05, 0.1) is 0 Å². The molecule has 0 aromatic heterocycles. The first-order valence-electron chi connectivity index (χ1n) is 12.6. The lowest BCUT2D eigenvalue weighted by molar-refractivity contribution is -0.143. The van der Waals surface area contributed by atoms with Crippen molar-refractivity contribution in [1.82, 2.24) is 15.5 Å². The van der Waals surface area contributed by atoms with Gasteiger partial charge in [-0.1, -0.05) is 64.8 Å². The number of likely N-dealkylation sites (N-methyl/N-ethyl adjacent to an activating group) is 1. The minimum Gasteiger partial charge on any atom is -0.444 e. The van der Waals surface area contributed by atoms with Crippen LogP contribution in [-0.2, 0) is 20.7 Å². The van der Waals surface area contributed by atoms with Gasteiger partial charge in [0.25, 0.3) is 0 Å². The summed E-state index contributed by atoms with van der Waals surface area (Å²) >= 11 is 0. The average Bonchev–Trinajstić information content (AvgIpc) is 2.79. The van der Waals surface area contributed by atoms with Gasteiger partial charge in [-0.05, 0) is 57.6 Å². The molecule has 192 valence electrons. The van der Waals surface area contributed by atoms with Gasteiger partial charge in [0, 0.05) is 13.1 Å². The van der Waals surface area contributed by atoms with Crippen LogP contribution >= 0.6 is 0 Å². The van der Waals surface area contributed by atoms with Crippen molar-refractivity contribution in [1.29, 1.82) is 0 Å². The van der Waals surface area contributed by atoms with Crippen molar-refractivity contribution in [3.63, 3.8) is 0 Å². The third-order valence-electron chi connectivity index (χ3n) is 5.87. The Kier molecular flexibility index (Phi) is 12.1. The van der Waals surface area contributed by atoms with Gasteiger partial charge >= 0.3 is 6.09 Å². The Bertz CT molecular complexity index is 786. The minimum atomic E-state index is -0.805. The molecule has 0 aliphatic carbocycles. The molecule has 0 fully saturated rings. The van der Waals surface area contributed by atoms with E-state index in [0.29, 0.717) is 19.5 Å². The highest BCUT2D eigenvalue weighted by Gasteiger charge is 2.37. The molecule has 3 amide bonds. The normalized spacial score (nSPS) is 14.0. The molecule has 0 saturated carbocycles. The molecule has 7 heteroatoms. The summed E-state index contributed by atoms with van der Waals surface area (Å²) in [6.07, 6.45) is 2.76. The van der Waals surface area contributed by atoms with Gasteiger partial charge in [-0.3, -0.25) is 9.59 Å². The summed E-state index contributed by atoms with van der Waals surface area (Å²) in [5.41, 5.74) is 1.23. The first-order valence-corrected chi connectivity index (χ1v) is 12.6. The lowest BCUT2D eigenvalue weighted by Crippen LogP contribution is -2.55. The van der Waals surface area contributed by atoms with E-state index in [-0.39, 0.29) is 17.7 Å². The summed E-state index contributed by atoms with van der Waals surface area (Å²) in [6.45, 7) is 16.1. The maximum Gasteiger partial charge on any atom is 0.408 e. The molecule has 0 saturated heterocycles. The Morgan fingerprint density at radius 2 is 1.65 bits per heavy atom. The second kappa shape index (κ2) is 14.0. The molecule has 0 spiro atoms. The van der Waals surface area contributed by atoms with Crippen LogP contribution in [0.3, 0.4) is 0 Å². The molecule has 7 nitrogen and oxygen atoms in total. The minimum absolute atomic E-state index is 0.139. The quantitative estimate of drug-likeness (QED) is 0.417. The number of carbonyl (C=O) groups excluding carboxylic acids is 3. The summed E-state index contributed by atoms with van der Waals surface area (Å²) in [6, 6.07) is 6.22. The number of unbranched alkanes of at least 4 members (excludes halogenated alkanes) is 1. The average molecular weight is 476 g/mol. The van der Waals surface area contributed by atoms with Gasteiger partial charge in [-0.25, -0.2) is 4.79 Å². The molecule has 0 bridgehead atoms. The zero-order valence-electron chi connectivity index (χ0n) is 22.4. The summed E-state index contributed by atoms with van der Waals surface area (Å²) < 4.78 is 5.41. The lowest BCUT2D eigenvalue weighted by atomic mass is 9.95. The number of carbonyl (C=O) groups is 3. The fourth-order valence-corrected chi connectivity index (χ4v) is 3.66. The number of nitrogens with one attached hydrogen (secondary N) is 2. The van der Waals surface area contributed by atoms with Gasteiger partial charge in [0.2, 0.25) is 11.8 Å². The van der Waals surface area contributed by atoms with Crippen molar-refractivity contribution in [3.05, 3.63) is 35.4 Å². The van der Waals surface area contributed by atoms with Crippen LogP contribution in [0.5, 0.6) is 0 Å². The third-order valence-corrected chi connectivity index (χ3v) is 5.87. The lowest BCUT2D eigenvalue weighted by Gasteiger charge is -2.35. The summed E-state index contributed by atoms with van der Waals surface area (Å²) in [5, 5.41) is 5.76. The Balaban J connectivity index is 3.33. The number of hydrogen-bond donors (Lipinski definition) is 2. The summed E-state index contributed by atoms with van der Waals surface area (Å²) in [4.78, 5) is 41.3. The van der Waals surface area contributed by atoms with Gasteiger partial charge in [-0.2, -0.15) is 0 Å². The van der Waals surface area contributed by atoms with E-state index in [4.69, 9.17) is 4.74 Å². The van der Waals surface area contributed by atoms with Crippen LogP contribution in [0.15, 0.2) is 24.3 Å². The molecule has 0 aliphatic heterocycles. The van der Waals surface area contributed by atoms with Crippen LogP contribution in [0.4, 0.5) is 4.79 Å². The predicted octanol–water partition coefficient (Wildman–Crippen LogP) is 4.99. The number of rotatable bonds is 12. The Labute approximate surface area is 206 Å². The first kappa shape index (κ1) is 29.5. The van der Waals surface area contributed by atoms with Gasteiger partial charge in [0.1, 0.15) is 17.7 Å². The number of nitrogens with zero attached hydrogens (tertiary/aromatic N) is 1. The fraction of sp³-hybridized carbons (Fsp3) is 0.667. The second-order valence-corrected chi connectivity index (χ2v) is 9.78. The SMILES string of the molecule is CCCCNC(=O)C(c1ccc(CC)cc1)N(CC)C(=O)C(NC(=O)OC(C)(C)C)C(C)CC. The van der Waals surface area contributed by atoms with E-state index in [1.165, 1.54) is 0 Å². The number of amides is 3. The summed E-state index contributed by atoms with van der Waals surface area (Å²) in [5.74, 6) is -0.647. The predicted molar refractivity (Wildman–Crippen MR) is 136 cm³/mol. The Morgan fingerprint density at radius 3 is 2.12 bits per heavy atom. The third kappa shape index (κ3) is 8.99. The number of benzene rings is 1. The van der Waals surface area contributed by atoms with E-state index in [1.807, 2.05) is 45.0 Å². The smallest absolute Gasteiger partial charge is 0.408 e. The van der Waals surface area contributed by atoms with Gasteiger partial charge in [0.15, 0.2) is 0 Å². The summed E-state index contributed by atoms with van der Waals surface area (Å²) in [7, 11) is 0. The van der Waals surface area contributed by atoms with Crippen molar-refractivity contribution in [2.45, 2.75) is 98.8 Å². The van der Waals surface area contributed by atoms with Crippen LogP contribution < -0.4 is 10.6 Å². The molecule has 1 aromatic carbocycles. The van der Waals surface area contributed by atoms with Crippen molar-refractivity contribution >= 4 is 17.9 Å². The first-order chi connectivity index (χ1) is 16.0. The number of aryl methyl sites for hydroxylation is 1. The van der Waals surface area contributed by atoms with E-state index >= 15 is 0 Å². The number of alkyl carbamates (subject to hydrolysis) is 1. The largest absolute Gasteiger partial charge is 0.444 e. The van der Waals surface area contributed by atoms with Crippen molar-refractivity contribution in [2.24, 2.45) is 5.92 Å². The van der Waals surface area contributed by atoms with Crippen LogP contribution in [-0.4, -0.2) is 47.5 Å². The molecule has 1 rings (SSSR count). The van der Waals surface area contributed by atoms with Gasteiger partial charge in [-0.15, -0.1) is 0 Å². The zero-order valence-corrected chi connectivity index (χ0v) is 22.4. The maximum absolute atomic E-state index is 13.8. The molecule has 0 heterocycles. The van der Waals surface area contributed by atoms with Crippen molar-refractivity contribution < 1.29 is 19.1 Å². The molecule has 0 radical (unpaired) electrons. The Hall–Kier alpha value is -2.57. The van der Waals surface area contributed by atoms with Crippen LogP contribution in [0.25, 0.3) is 0 Å². The molecular formula is C27H45N3O4. The van der Waals surface area contributed by atoms with Crippen LogP contribution in [0.2, 0.25) is 0 Å². The molecule has 2 N–H and O–H groups in total. The molecule has 0 aliphatic rings. The van der Waals surface area contributed by atoms with E-state index in [1.54, 1.807) is 25.7 Å². The van der Waals surface area contributed by atoms with Crippen molar-refractivity contribution in [3.8, 4) is 0 Å². The standard InChI is InChI=1S/C27H45N3O4/c1-9-13-18-28-24(31)23(21-16-14-20(11-3)15-17-21)30(12-4)25(32)22(19(5)10-2)29-26(33)34-27(6,7)8/h14-17,19,22-23H,9-13,18H2,1-8H3,(H,28,31)(H,29,33). The number of hydrogen-bond acceptors (Lipinski definition) is 4. The highest BCUT2D eigenvalue weighted by Crippen LogP contribution is 2.25. The van der Waals surface area contributed by atoms with E-state index in [9.17, 15) is 14.4 Å². The van der Waals surface area contributed by atoms with E-state index < -0.39 is 23.8 Å². The van der Waals surface area contributed by atoms with E-state index in [2.05, 4.69) is 24.5 Å². The zero-order chi connectivity index (χ0) is 25.9. The van der Waals surface area contributed by atoms with Crippen LogP contribution in [0.1, 0.15) is 91.8 Å². The van der Waals surface area contributed by atoms with Crippen LogP contribution in [0, 0.1) is 5.92 Å². The Morgan fingerprint density at radius 1 is 1.03 bits per heavy atom. The highest BCUT2D eigenvalue weighted by atomic mass is 16.6. The molecular weight excluding hydrogens is 430 g/mol. The monoisotopic (exact) mass is 475 g/mol. The maximum atomic E-state index is 13.8. The number of ether oxygens (including phenoxy) is 1. The topological polar surface area (TPSA) is 87.7 Å².